The maximum atomic E-state index is 8.60. The van der Waals surface area contributed by atoms with E-state index in [-0.39, 0.29) is 12.4 Å². The maximum Gasteiger partial charge on any atom is 0.0777 e. The molecule has 0 aromatic heterocycles. The fourth-order valence-electron chi connectivity index (χ4n) is 0. The number of hydrogen-bond donors (Lipinski definition) is 1. The molecule has 6 heteroatoms. The zero-order chi connectivity index (χ0) is 4.50. The highest BCUT2D eigenvalue weighted by atomic mass is 35.7. The Kier molecular flexibility index (Phi) is 4.13. The van der Waals surface area contributed by atoms with Crippen molar-refractivity contribution in [1.29, 1.82) is 0 Å². The van der Waals surface area contributed by atoms with E-state index in [1.165, 1.54) is 0 Å². The van der Waals surface area contributed by atoms with E-state index in [0.717, 1.165) is 0 Å². The van der Waals surface area contributed by atoms with Crippen molar-refractivity contribution >= 4 is 12.4 Å². The summed E-state index contributed by atoms with van der Waals surface area (Å²) in [7, 11) is -4.69. The molecule has 0 unspecified atom stereocenters. The second kappa shape index (κ2) is 2.57. The summed E-state index contributed by atoms with van der Waals surface area (Å²) in [4.78, 5) is 0. The van der Waals surface area contributed by atoms with Crippen molar-refractivity contribution in [3.63, 3.8) is 0 Å². The molecule has 0 aliphatic carbocycles. The molecule has 0 rings (SSSR count). The standard InChI is InChI=1S/ClHO4.ClH/c2-1(3,4)5;/h(H,2,3,4,5);1H. The van der Waals surface area contributed by atoms with Gasteiger partial charge in [0.05, 0.1) is 14.9 Å². The van der Waals surface area contributed by atoms with Gasteiger partial charge in [0.2, 0.25) is 0 Å². The summed E-state index contributed by atoms with van der Waals surface area (Å²) in [6.07, 6.45) is 0. The van der Waals surface area contributed by atoms with Gasteiger partial charge in [0.25, 0.3) is 0 Å². The predicted octanol–water partition coefficient (Wildman–Crippen LogP) is -3.70. The first-order chi connectivity index (χ1) is 2.00. The minimum Gasteiger partial charge on any atom is -0.183 e. The van der Waals surface area contributed by atoms with Crippen LogP contribution in [0.4, 0.5) is 0 Å². The van der Waals surface area contributed by atoms with Crippen molar-refractivity contribution in [2.24, 2.45) is 0 Å². The van der Waals surface area contributed by atoms with Crippen LogP contribution < -0.4 is 14.0 Å². The minimum absolute atomic E-state index is 0. The third-order valence-corrected chi connectivity index (χ3v) is 0. The second-order valence-electron chi connectivity index (χ2n) is 0.396. The Balaban J connectivity index is 0. The lowest BCUT2D eigenvalue weighted by molar-refractivity contribution is -1.92. The summed E-state index contributed by atoms with van der Waals surface area (Å²) in [6.45, 7) is 0. The van der Waals surface area contributed by atoms with Crippen molar-refractivity contribution in [2.75, 3.05) is 0 Å². The van der Waals surface area contributed by atoms with Crippen LogP contribution in [0.25, 0.3) is 0 Å². The van der Waals surface area contributed by atoms with Crippen molar-refractivity contribution in [1.82, 2.24) is 0 Å². The van der Waals surface area contributed by atoms with Gasteiger partial charge in [-0.1, -0.05) is 0 Å². The van der Waals surface area contributed by atoms with Gasteiger partial charge >= 0.3 is 0 Å². The molecule has 4 nitrogen and oxygen atoms in total. The fourth-order valence-corrected chi connectivity index (χ4v) is 0. The predicted molar refractivity (Wildman–Crippen MR) is 9.47 cm³/mol. The molecule has 0 aromatic carbocycles. The van der Waals surface area contributed by atoms with Gasteiger partial charge in [0.1, 0.15) is 0 Å². The molecule has 0 fully saturated rings. The Morgan fingerprint density at radius 3 is 1.17 bits per heavy atom. The molecule has 0 spiro atoms. The Morgan fingerprint density at radius 1 is 1.17 bits per heavy atom. The molecular formula is H2Cl2O4. The van der Waals surface area contributed by atoms with E-state index in [1.54, 1.807) is 0 Å². The first-order valence-electron chi connectivity index (χ1n) is 0.632. The quantitative estimate of drug-likeness (QED) is 0.372. The van der Waals surface area contributed by atoms with Gasteiger partial charge in [0, 0.05) is 0 Å². The third kappa shape index (κ3) is 293. The highest BCUT2D eigenvalue weighted by molar-refractivity contribution is 5.85. The molecule has 0 saturated carbocycles. The number of hydrogen-bond acceptors (Lipinski definition) is 4. The van der Waals surface area contributed by atoms with Crippen LogP contribution in [-0.2, 0) is 0 Å². The van der Waals surface area contributed by atoms with Gasteiger partial charge in [-0.25, -0.2) is 0 Å². The van der Waals surface area contributed by atoms with E-state index >= 15 is 0 Å². The molecule has 0 heterocycles. The molecule has 0 radical (unpaired) electrons. The largest absolute Gasteiger partial charge is 0.183 e. The van der Waals surface area contributed by atoms with Crippen LogP contribution in [0, 0.1) is 10.2 Å². The molecule has 6 heavy (non-hydrogen) atoms. The average Bonchev–Trinajstić information content (AvgIpc) is 0.722. The van der Waals surface area contributed by atoms with E-state index in [2.05, 4.69) is 0 Å². The zero-order valence-corrected chi connectivity index (χ0v) is 4.03. The smallest absolute Gasteiger partial charge is 0.0777 e. The lowest BCUT2D eigenvalue weighted by Crippen LogP contribution is -2.58. The summed E-state index contributed by atoms with van der Waals surface area (Å²) >= 11 is 0. The van der Waals surface area contributed by atoms with Crippen molar-refractivity contribution in [2.45, 2.75) is 0 Å². The van der Waals surface area contributed by atoms with Crippen LogP contribution in [-0.4, -0.2) is 4.66 Å². The number of halogens is 2. The van der Waals surface area contributed by atoms with Crippen LogP contribution in [0.2, 0.25) is 0 Å². The first-order valence-corrected chi connectivity index (χ1v) is 1.90. The lowest BCUT2D eigenvalue weighted by atomic mass is 15.8. The van der Waals surface area contributed by atoms with Crippen molar-refractivity contribution in [3.8, 4) is 0 Å². The zero-order valence-electron chi connectivity index (χ0n) is 2.46. The van der Waals surface area contributed by atoms with E-state index in [1.807, 2.05) is 0 Å². The Labute approximate surface area is 42.2 Å². The molecule has 40 valence electrons. The molecule has 0 aromatic rings. The van der Waals surface area contributed by atoms with E-state index in [4.69, 9.17) is 18.6 Å². The van der Waals surface area contributed by atoms with Gasteiger partial charge in [-0.05, 0) is 0 Å². The van der Waals surface area contributed by atoms with Crippen LogP contribution in [0.3, 0.4) is 0 Å². The van der Waals surface area contributed by atoms with Crippen molar-refractivity contribution in [3.05, 3.63) is 0 Å². The molecule has 0 amide bonds. The molecule has 0 aliphatic heterocycles. The minimum atomic E-state index is -4.69. The van der Waals surface area contributed by atoms with E-state index in [0.29, 0.717) is 0 Å². The van der Waals surface area contributed by atoms with Gasteiger partial charge < -0.3 is 0 Å². The topological polar surface area (TPSA) is 89.4 Å². The molecule has 0 bridgehead atoms. The third-order valence-electron chi connectivity index (χ3n) is 0. The van der Waals surface area contributed by atoms with Crippen LogP contribution in [0.5, 0.6) is 0 Å². The number of rotatable bonds is 0. The molecule has 0 atom stereocenters. The Hall–Kier alpha value is 0.420. The lowest BCUT2D eigenvalue weighted by Gasteiger charge is -2.03. The maximum absolute atomic E-state index is 8.60. The molecular weight excluding hydrogens is 135 g/mol. The highest BCUT2D eigenvalue weighted by Gasteiger charge is 1.98. The molecule has 1 N–H and O–H groups in total. The fraction of sp³-hybridized carbons (Fsp3) is 0. The summed E-state index contributed by atoms with van der Waals surface area (Å²) in [5.41, 5.74) is 0. The SMILES string of the molecule is Cl.[O-][Cl+3]([O-])([O-])O. The first kappa shape index (κ1) is 9.65. The van der Waals surface area contributed by atoms with Crippen molar-refractivity contribution < 1.29 is 28.9 Å². The summed E-state index contributed by atoms with van der Waals surface area (Å²) in [5.74, 6) is 0. The summed E-state index contributed by atoms with van der Waals surface area (Å²) < 4.78 is 32.7. The van der Waals surface area contributed by atoms with Crippen LogP contribution >= 0.6 is 12.4 Å². The van der Waals surface area contributed by atoms with E-state index in [9.17, 15) is 0 Å². The van der Waals surface area contributed by atoms with Gasteiger partial charge in [-0.15, -0.1) is 12.4 Å². The monoisotopic (exact) mass is 136 g/mol. The summed E-state index contributed by atoms with van der Waals surface area (Å²) in [6, 6.07) is 0. The molecule has 0 saturated heterocycles. The Bertz CT molecular complexity index is 21.0. The molecule has 0 aliphatic rings. The van der Waals surface area contributed by atoms with Gasteiger partial charge in [-0.2, -0.15) is 14.0 Å². The second-order valence-corrected chi connectivity index (χ2v) is 1.19. The summed E-state index contributed by atoms with van der Waals surface area (Å²) in [5, 5.41) is 0. The van der Waals surface area contributed by atoms with Gasteiger partial charge in [-0.3, -0.25) is 0 Å². The van der Waals surface area contributed by atoms with Crippen LogP contribution in [0.15, 0.2) is 0 Å². The van der Waals surface area contributed by atoms with Crippen LogP contribution in [0.1, 0.15) is 0 Å². The average molecular weight is 137 g/mol. The highest BCUT2D eigenvalue weighted by Crippen LogP contribution is 1.60. The normalized spacial score (nSPS) is 10.0. The Morgan fingerprint density at radius 2 is 1.17 bits per heavy atom. The van der Waals surface area contributed by atoms with Gasteiger partial charge in [0.15, 0.2) is 0 Å². The van der Waals surface area contributed by atoms with E-state index < -0.39 is 10.2 Å².